The van der Waals surface area contributed by atoms with E-state index >= 15 is 0 Å². The largest absolute Gasteiger partial charge is 0.465 e. The van der Waals surface area contributed by atoms with Crippen LogP contribution in [-0.2, 0) is 0 Å². The van der Waals surface area contributed by atoms with Crippen LogP contribution in [0.2, 0.25) is 0 Å². The van der Waals surface area contributed by atoms with Gasteiger partial charge in [-0.3, -0.25) is 10.1 Å². The lowest BCUT2D eigenvalue weighted by molar-refractivity contribution is -0.385. The number of rotatable bonds is 3. The normalized spacial score (nSPS) is 18.4. The first-order valence-corrected chi connectivity index (χ1v) is 6.45. The predicted octanol–water partition coefficient (Wildman–Crippen LogP) is 2.20. The zero-order valence-corrected chi connectivity index (χ0v) is 11.5. The molecule has 8 heteroatoms. The molecule has 1 amide bonds. The summed E-state index contributed by atoms with van der Waals surface area (Å²) in [6, 6.07) is 4.69. The van der Waals surface area contributed by atoms with Crippen molar-refractivity contribution in [3.05, 3.63) is 32.8 Å². The zero-order valence-electron chi connectivity index (χ0n) is 9.88. The topological polar surface area (TPSA) is 95.7 Å². The zero-order chi connectivity index (χ0) is 14.0. The van der Waals surface area contributed by atoms with Gasteiger partial charge in [-0.05, 0) is 34.5 Å². The summed E-state index contributed by atoms with van der Waals surface area (Å²) in [5.74, 6) is 0. The third-order valence-electron chi connectivity index (χ3n) is 3.01. The van der Waals surface area contributed by atoms with Crippen molar-refractivity contribution in [2.45, 2.75) is 12.5 Å². The number of nitro groups is 1. The van der Waals surface area contributed by atoms with Gasteiger partial charge in [0.15, 0.2) is 0 Å². The van der Waals surface area contributed by atoms with Crippen LogP contribution in [0.15, 0.2) is 22.7 Å². The van der Waals surface area contributed by atoms with Crippen molar-refractivity contribution in [3.8, 4) is 0 Å². The highest BCUT2D eigenvalue weighted by Crippen LogP contribution is 2.30. The van der Waals surface area contributed by atoms with E-state index < -0.39 is 11.0 Å². The van der Waals surface area contributed by atoms with Gasteiger partial charge in [-0.2, -0.15) is 0 Å². The molecule has 7 nitrogen and oxygen atoms in total. The molecule has 102 valence electrons. The summed E-state index contributed by atoms with van der Waals surface area (Å²) in [7, 11) is 0. The SMILES string of the molecule is O=C(O)NC1CCN(c2ccc([N+](=O)[O-])c(Br)c2)C1. The molecule has 2 rings (SSSR count). The predicted molar refractivity (Wildman–Crippen MR) is 72.6 cm³/mol. The van der Waals surface area contributed by atoms with Crippen molar-refractivity contribution in [1.29, 1.82) is 0 Å². The molecule has 1 aliphatic heterocycles. The molecule has 1 heterocycles. The maximum atomic E-state index is 10.7. The second-order valence-corrected chi connectivity index (χ2v) is 5.13. The Balaban J connectivity index is 2.09. The van der Waals surface area contributed by atoms with Crippen molar-refractivity contribution >= 4 is 33.4 Å². The third kappa shape index (κ3) is 3.14. The molecule has 19 heavy (non-hydrogen) atoms. The molecule has 1 aromatic carbocycles. The Labute approximate surface area is 117 Å². The highest BCUT2D eigenvalue weighted by atomic mass is 79.9. The second-order valence-electron chi connectivity index (χ2n) is 4.27. The first-order chi connectivity index (χ1) is 8.97. The number of amides is 1. The van der Waals surface area contributed by atoms with Crippen LogP contribution in [0.1, 0.15) is 6.42 Å². The van der Waals surface area contributed by atoms with Crippen molar-refractivity contribution in [3.63, 3.8) is 0 Å². The van der Waals surface area contributed by atoms with Crippen LogP contribution < -0.4 is 10.2 Å². The molecule has 1 saturated heterocycles. The van der Waals surface area contributed by atoms with Crippen LogP contribution in [0, 0.1) is 10.1 Å². The van der Waals surface area contributed by atoms with E-state index in [1.807, 2.05) is 4.90 Å². The minimum Gasteiger partial charge on any atom is -0.465 e. The Bertz CT molecular complexity index is 523. The second kappa shape index (κ2) is 5.43. The van der Waals surface area contributed by atoms with Crippen molar-refractivity contribution in [2.75, 3.05) is 18.0 Å². The Morgan fingerprint density at radius 1 is 1.58 bits per heavy atom. The molecule has 0 spiro atoms. The fourth-order valence-electron chi connectivity index (χ4n) is 2.13. The van der Waals surface area contributed by atoms with E-state index in [0.717, 1.165) is 18.7 Å². The molecular formula is C11H12BrN3O4. The van der Waals surface area contributed by atoms with Crippen LogP contribution in [0.25, 0.3) is 0 Å². The van der Waals surface area contributed by atoms with E-state index in [1.165, 1.54) is 6.07 Å². The van der Waals surface area contributed by atoms with Crippen molar-refractivity contribution < 1.29 is 14.8 Å². The van der Waals surface area contributed by atoms with Gasteiger partial charge in [0, 0.05) is 24.8 Å². The quantitative estimate of drug-likeness (QED) is 0.654. The van der Waals surface area contributed by atoms with E-state index in [1.54, 1.807) is 12.1 Å². The van der Waals surface area contributed by atoms with E-state index in [9.17, 15) is 14.9 Å². The number of carboxylic acid groups (broad SMARTS) is 1. The summed E-state index contributed by atoms with van der Waals surface area (Å²) < 4.78 is 0.421. The number of nitrogens with zero attached hydrogens (tertiary/aromatic N) is 2. The van der Waals surface area contributed by atoms with Gasteiger partial charge in [0.2, 0.25) is 0 Å². The first kappa shape index (κ1) is 13.6. The molecule has 1 aromatic rings. The Kier molecular flexibility index (Phi) is 3.89. The lowest BCUT2D eigenvalue weighted by atomic mass is 10.2. The average molecular weight is 330 g/mol. The minimum atomic E-state index is -1.03. The molecule has 0 aliphatic carbocycles. The van der Waals surface area contributed by atoms with E-state index in [0.29, 0.717) is 11.0 Å². The summed E-state index contributed by atoms with van der Waals surface area (Å²) >= 11 is 3.17. The van der Waals surface area contributed by atoms with Crippen LogP contribution in [0.5, 0.6) is 0 Å². The van der Waals surface area contributed by atoms with E-state index in [-0.39, 0.29) is 11.7 Å². The molecule has 0 aromatic heterocycles. The fourth-order valence-corrected chi connectivity index (χ4v) is 2.64. The molecular weight excluding hydrogens is 318 g/mol. The summed E-state index contributed by atoms with van der Waals surface area (Å²) in [5, 5.41) is 21.8. The maximum Gasteiger partial charge on any atom is 0.404 e. The number of nitrogens with one attached hydrogen (secondary N) is 1. The van der Waals surface area contributed by atoms with Crippen LogP contribution in [0.4, 0.5) is 16.2 Å². The lowest BCUT2D eigenvalue weighted by Crippen LogP contribution is -2.36. The van der Waals surface area contributed by atoms with Gasteiger partial charge < -0.3 is 15.3 Å². The molecule has 1 fully saturated rings. The highest BCUT2D eigenvalue weighted by molar-refractivity contribution is 9.10. The highest BCUT2D eigenvalue weighted by Gasteiger charge is 2.25. The van der Waals surface area contributed by atoms with Gasteiger partial charge in [-0.15, -0.1) is 0 Å². The summed E-state index contributed by atoms with van der Waals surface area (Å²) in [6.07, 6.45) is -0.308. The molecule has 1 atom stereocenters. The molecule has 0 radical (unpaired) electrons. The van der Waals surface area contributed by atoms with Gasteiger partial charge >= 0.3 is 6.09 Å². The van der Waals surface area contributed by atoms with Crippen LogP contribution >= 0.6 is 15.9 Å². The average Bonchev–Trinajstić information content (AvgIpc) is 2.75. The Hall–Kier alpha value is -1.83. The van der Waals surface area contributed by atoms with Gasteiger partial charge in [-0.25, -0.2) is 4.79 Å². The Morgan fingerprint density at radius 2 is 2.32 bits per heavy atom. The number of nitro benzene ring substituents is 1. The molecule has 0 saturated carbocycles. The Morgan fingerprint density at radius 3 is 2.89 bits per heavy atom. The number of benzene rings is 1. The summed E-state index contributed by atoms with van der Waals surface area (Å²) in [6.45, 7) is 1.28. The first-order valence-electron chi connectivity index (χ1n) is 5.65. The van der Waals surface area contributed by atoms with Crippen molar-refractivity contribution in [2.24, 2.45) is 0 Å². The number of hydrogen-bond donors (Lipinski definition) is 2. The van der Waals surface area contributed by atoms with Gasteiger partial charge in [-0.1, -0.05) is 0 Å². The molecule has 1 aliphatic rings. The summed E-state index contributed by atoms with van der Waals surface area (Å²) in [4.78, 5) is 22.8. The monoisotopic (exact) mass is 329 g/mol. The van der Waals surface area contributed by atoms with Crippen LogP contribution in [-0.4, -0.2) is 35.3 Å². The maximum absolute atomic E-state index is 10.7. The van der Waals surface area contributed by atoms with Gasteiger partial charge in [0.1, 0.15) is 0 Å². The fraction of sp³-hybridized carbons (Fsp3) is 0.364. The van der Waals surface area contributed by atoms with E-state index in [2.05, 4.69) is 21.2 Å². The molecule has 1 unspecified atom stereocenters. The number of hydrogen-bond acceptors (Lipinski definition) is 4. The van der Waals surface area contributed by atoms with E-state index in [4.69, 9.17) is 5.11 Å². The van der Waals surface area contributed by atoms with Crippen molar-refractivity contribution in [1.82, 2.24) is 5.32 Å². The number of anilines is 1. The standard InChI is InChI=1S/C11H12BrN3O4/c12-9-5-8(1-2-10(9)15(18)19)14-4-3-7(6-14)13-11(16)17/h1-2,5,7,13H,3-4,6H2,(H,16,17). The van der Waals surface area contributed by atoms with Gasteiger partial charge in [0.05, 0.1) is 15.4 Å². The van der Waals surface area contributed by atoms with Gasteiger partial charge in [0.25, 0.3) is 5.69 Å². The third-order valence-corrected chi connectivity index (χ3v) is 3.64. The van der Waals surface area contributed by atoms with Crippen LogP contribution in [0.3, 0.4) is 0 Å². The summed E-state index contributed by atoms with van der Waals surface area (Å²) in [5.41, 5.74) is 0.857. The lowest BCUT2D eigenvalue weighted by Gasteiger charge is -2.18. The smallest absolute Gasteiger partial charge is 0.404 e. The number of carbonyl (C=O) groups is 1. The molecule has 2 N–H and O–H groups in total. The minimum absolute atomic E-state index is 0.0168. The molecule has 0 bridgehead atoms. The number of halogens is 1.